The van der Waals surface area contributed by atoms with Gasteiger partial charge in [0.2, 0.25) is 0 Å². The van der Waals surface area contributed by atoms with Crippen LogP contribution in [-0.2, 0) is 0 Å². The first-order chi connectivity index (χ1) is 8.83. The van der Waals surface area contributed by atoms with E-state index in [0.717, 1.165) is 25.4 Å². The number of hydrogen-bond acceptors (Lipinski definition) is 3. The van der Waals surface area contributed by atoms with E-state index in [9.17, 15) is 0 Å². The van der Waals surface area contributed by atoms with Crippen LogP contribution in [0.4, 0.5) is 0 Å². The van der Waals surface area contributed by atoms with Crippen LogP contribution in [0.3, 0.4) is 0 Å². The van der Waals surface area contributed by atoms with E-state index < -0.39 is 0 Å². The van der Waals surface area contributed by atoms with Gasteiger partial charge in [0.05, 0.1) is 6.61 Å². The van der Waals surface area contributed by atoms with E-state index in [1.807, 2.05) is 6.92 Å². The minimum absolute atomic E-state index is 0.703. The van der Waals surface area contributed by atoms with Gasteiger partial charge in [-0.25, -0.2) is 0 Å². The predicted octanol–water partition coefficient (Wildman–Crippen LogP) is 2.22. The third-order valence-electron chi connectivity index (χ3n) is 3.70. The quantitative estimate of drug-likeness (QED) is 0.868. The van der Waals surface area contributed by atoms with E-state index in [-0.39, 0.29) is 0 Å². The number of nitrogens with zero attached hydrogens (tertiary/aromatic N) is 1. The minimum Gasteiger partial charge on any atom is -0.494 e. The lowest BCUT2D eigenvalue weighted by molar-refractivity contribution is 0.217. The van der Waals surface area contributed by atoms with Crippen molar-refractivity contribution in [2.45, 2.75) is 25.7 Å². The van der Waals surface area contributed by atoms with Crippen LogP contribution in [0.25, 0.3) is 0 Å². The summed E-state index contributed by atoms with van der Waals surface area (Å²) < 4.78 is 5.48. The van der Waals surface area contributed by atoms with Gasteiger partial charge in [-0.1, -0.05) is 12.1 Å². The Balaban J connectivity index is 1.89. The van der Waals surface area contributed by atoms with E-state index in [2.05, 4.69) is 29.2 Å². The molecular weight excluding hydrogens is 224 g/mol. The average Bonchev–Trinajstić information content (AvgIpc) is 2.41. The van der Waals surface area contributed by atoms with Crippen LogP contribution in [0, 0.1) is 0 Å². The molecule has 1 aliphatic rings. The summed E-state index contributed by atoms with van der Waals surface area (Å²) in [5.74, 6) is 1.68. The molecule has 2 N–H and O–H groups in total. The Morgan fingerprint density at radius 1 is 1.22 bits per heavy atom. The van der Waals surface area contributed by atoms with Crippen LogP contribution in [-0.4, -0.2) is 37.7 Å². The second kappa shape index (κ2) is 6.76. The number of benzene rings is 1. The number of nitrogens with two attached hydrogens (primary N) is 1. The van der Waals surface area contributed by atoms with Gasteiger partial charge in [-0.2, -0.15) is 0 Å². The Kier molecular flexibility index (Phi) is 5.02. The zero-order valence-electron chi connectivity index (χ0n) is 11.3. The number of rotatable bonds is 5. The van der Waals surface area contributed by atoms with Gasteiger partial charge >= 0.3 is 0 Å². The average molecular weight is 248 g/mol. The van der Waals surface area contributed by atoms with E-state index in [4.69, 9.17) is 10.5 Å². The van der Waals surface area contributed by atoms with Gasteiger partial charge in [0.1, 0.15) is 5.75 Å². The van der Waals surface area contributed by atoms with E-state index in [1.165, 1.54) is 31.5 Å². The molecule has 0 unspecified atom stereocenters. The lowest BCUT2D eigenvalue weighted by Crippen LogP contribution is -2.36. The van der Waals surface area contributed by atoms with Gasteiger partial charge in [0.15, 0.2) is 0 Å². The summed E-state index contributed by atoms with van der Waals surface area (Å²) in [6.45, 7) is 6.91. The first-order valence-electron chi connectivity index (χ1n) is 6.98. The van der Waals surface area contributed by atoms with Crippen molar-refractivity contribution in [2.75, 3.05) is 32.8 Å². The Morgan fingerprint density at radius 2 is 1.89 bits per heavy atom. The van der Waals surface area contributed by atoms with Gasteiger partial charge in [-0.05, 0) is 56.5 Å². The summed E-state index contributed by atoms with van der Waals surface area (Å²) in [6, 6.07) is 8.61. The lowest BCUT2D eigenvalue weighted by Gasteiger charge is -2.31. The molecule has 1 fully saturated rings. The van der Waals surface area contributed by atoms with E-state index >= 15 is 0 Å². The molecule has 0 aliphatic carbocycles. The molecule has 0 atom stereocenters. The highest BCUT2D eigenvalue weighted by Crippen LogP contribution is 2.28. The number of hydrogen-bond donors (Lipinski definition) is 1. The maximum atomic E-state index is 5.59. The minimum atomic E-state index is 0.703. The molecule has 0 bridgehead atoms. The first-order valence-corrected chi connectivity index (χ1v) is 6.98. The van der Waals surface area contributed by atoms with Crippen molar-refractivity contribution in [3.05, 3.63) is 29.8 Å². The smallest absolute Gasteiger partial charge is 0.119 e. The second-order valence-corrected chi connectivity index (χ2v) is 4.91. The molecule has 1 saturated heterocycles. The second-order valence-electron chi connectivity index (χ2n) is 4.91. The zero-order valence-corrected chi connectivity index (χ0v) is 11.3. The Morgan fingerprint density at radius 3 is 2.44 bits per heavy atom. The van der Waals surface area contributed by atoms with Crippen molar-refractivity contribution in [3.63, 3.8) is 0 Å². The third-order valence-corrected chi connectivity index (χ3v) is 3.70. The molecule has 0 saturated carbocycles. The summed E-state index contributed by atoms with van der Waals surface area (Å²) in [6.07, 6.45) is 2.49. The summed E-state index contributed by atoms with van der Waals surface area (Å²) in [4.78, 5) is 2.46. The number of likely N-dealkylation sites (tertiary alicyclic amines) is 1. The van der Waals surface area contributed by atoms with E-state index in [0.29, 0.717) is 5.92 Å². The summed E-state index contributed by atoms with van der Waals surface area (Å²) >= 11 is 0. The molecule has 1 aliphatic heterocycles. The monoisotopic (exact) mass is 248 g/mol. The van der Waals surface area contributed by atoms with Gasteiger partial charge in [0.25, 0.3) is 0 Å². The highest BCUT2D eigenvalue weighted by Gasteiger charge is 2.19. The molecule has 0 radical (unpaired) electrons. The summed E-state index contributed by atoms with van der Waals surface area (Å²) in [5.41, 5.74) is 7.04. The van der Waals surface area contributed by atoms with Crippen molar-refractivity contribution in [3.8, 4) is 5.75 Å². The van der Waals surface area contributed by atoms with Crippen LogP contribution in [0.1, 0.15) is 31.2 Å². The highest BCUT2D eigenvalue weighted by molar-refractivity contribution is 5.29. The summed E-state index contributed by atoms with van der Waals surface area (Å²) in [5, 5.41) is 0. The molecule has 0 amide bonds. The lowest BCUT2D eigenvalue weighted by atomic mass is 9.89. The predicted molar refractivity (Wildman–Crippen MR) is 75.1 cm³/mol. The van der Waals surface area contributed by atoms with Gasteiger partial charge < -0.3 is 15.4 Å². The van der Waals surface area contributed by atoms with Crippen LogP contribution < -0.4 is 10.5 Å². The largest absolute Gasteiger partial charge is 0.494 e. The van der Waals surface area contributed by atoms with Gasteiger partial charge in [-0.3, -0.25) is 0 Å². The normalized spacial score (nSPS) is 17.9. The molecule has 0 spiro atoms. The van der Waals surface area contributed by atoms with Crippen LogP contribution >= 0.6 is 0 Å². The molecule has 0 aromatic heterocycles. The van der Waals surface area contributed by atoms with Crippen molar-refractivity contribution in [2.24, 2.45) is 5.73 Å². The van der Waals surface area contributed by atoms with E-state index in [1.54, 1.807) is 0 Å². The maximum Gasteiger partial charge on any atom is 0.119 e. The Labute approximate surface area is 110 Å². The Hall–Kier alpha value is -1.06. The molecule has 3 heteroatoms. The number of piperidine rings is 1. The van der Waals surface area contributed by atoms with Crippen LogP contribution in [0.5, 0.6) is 5.75 Å². The van der Waals surface area contributed by atoms with Crippen molar-refractivity contribution in [1.82, 2.24) is 4.90 Å². The molecular formula is C15H24N2O. The van der Waals surface area contributed by atoms with Gasteiger partial charge in [0, 0.05) is 13.1 Å². The Bertz CT molecular complexity index is 342. The fraction of sp³-hybridized carbons (Fsp3) is 0.600. The molecule has 3 nitrogen and oxygen atoms in total. The highest BCUT2D eigenvalue weighted by atomic mass is 16.5. The molecule has 18 heavy (non-hydrogen) atoms. The molecule has 1 heterocycles. The molecule has 1 aromatic rings. The number of ether oxygens (including phenoxy) is 1. The van der Waals surface area contributed by atoms with Gasteiger partial charge in [-0.15, -0.1) is 0 Å². The maximum absolute atomic E-state index is 5.59. The molecule has 2 rings (SSSR count). The van der Waals surface area contributed by atoms with Crippen molar-refractivity contribution < 1.29 is 4.74 Å². The zero-order chi connectivity index (χ0) is 12.8. The topological polar surface area (TPSA) is 38.5 Å². The fourth-order valence-electron chi connectivity index (χ4n) is 2.68. The molecule has 1 aromatic carbocycles. The van der Waals surface area contributed by atoms with Crippen molar-refractivity contribution >= 4 is 0 Å². The standard InChI is InChI=1S/C15H24N2O/c1-2-18-15-5-3-13(4-6-15)14-7-10-17(11-8-14)12-9-16/h3-6,14H,2,7-12,16H2,1H3. The first kappa shape index (κ1) is 13.4. The van der Waals surface area contributed by atoms with Crippen molar-refractivity contribution in [1.29, 1.82) is 0 Å². The SMILES string of the molecule is CCOc1ccc(C2CCN(CCN)CC2)cc1. The molecule has 100 valence electrons. The van der Waals surface area contributed by atoms with Crippen LogP contribution in [0.2, 0.25) is 0 Å². The fourth-order valence-corrected chi connectivity index (χ4v) is 2.68. The summed E-state index contributed by atoms with van der Waals surface area (Å²) in [7, 11) is 0. The van der Waals surface area contributed by atoms with Crippen LogP contribution in [0.15, 0.2) is 24.3 Å². The third kappa shape index (κ3) is 3.47.